The second-order valence-electron chi connectivity index (χ2n) is 7.03. The van der Waals surface area contributed by atoms with Crippen molar-refractivity contribution >= 4 is 5.96 Å². The van der Waals surface area contributed by atoms with E-state index >= 15 is 0 Å². The molecule has 0 unspecified atom stereocenters. The molecule has 1 aliphatic rings. The molecule has 0 amide bonds. The lowest BCUT2D eigenvalue weighted by atomic mass is 9.93. The number of piperidine rings is 1. The smallest absolute Gasteiger partial charge is 0.401 e. The third-order valence-corrected chi connectivity index (χ3v) is 4.76. The zero-order chi connectivity index (χ0) is 20.2. The fourth-order valence-electron chi connectivity index (χ4n) is 3.25. The van der Waals surface area contributed by atoms with Gasteiger partial charge in [-0.1, -0.05) is 0 Å². The molecule has 28 heavy (non-hydrogen) atoms. The SMILES string of the molecule is CN=C(NCCCOCc1ccco1)NCCC1CCN(CC(F)(F)F)CC1. The van der Waals surface area contributed by atoms with E-state index in [1.807, 2.05) is 12.1 Å². The van der Waals surface area contributed by atoms with Crippen LogP contribution in [0.4, 0.5) is 13.2 Å². The molecule has 1 aromatic heterocycles. The summed E-state index contributed by atoms with van der Waals surface area (Å²) >= 11 is 0. The summed E-state index contributed by atoms with van der Waals surface area (Å²) < 4.78 is 48.0. The van der Waals surface area contributed by atoms with Gasteiger partial charge in [0.25, 0.3) is 0 Å². The maximum absolute atomic E-state index is 12.4. The van der Waals surface area contributed by atoms with Gasteiger partial charge in [-0.05, 0) is 56.8 Å². The van der Waals surface area contributed by atoms with Gasteiger partial charge in [0, 0.05) is 26.7 Å². The number of guanidine groups is 1. The monoisotopic (exact) mass is 404 g/mol. The van der Waals surface area contributed by atoms with Gasteiger partial charge in [0.15, 0.2) is 5.96 Å². The van der Waals surface area contributed by atoms with Crippen LogP contribution in [-0.2, 0) is 11.3 Å². The van der Waals surface area contributed by atoms with Crippen molar-refractivity contribution in [3.05, 3.63) is 24.2 Å². The van der Waals surface area contributed by atoms with Crippen LogP contribution in [0.5, 0.6) is 0 Å². The van der Waals surface area contributed by atoms with E-state index in [1.54, 1.807) is 13.3 Å². The largest absolute Gasteiger partial charge is 0.467 e. The topological polar surface area (TPSA) is 62.0 Å². The lowest BCUT2D eigenvalue weighted by Crippen LogP contribution is -2.41. The maximum atomic E-state index is 12.4. The van der Waals surface area contributed by atoms with Gasteiger partial charge in [0.1, 0.15) is 12.4 Å². The molecular formula is C19H31F3N4O2. The fraction of sp³-hybridized carbons (Fsp3) is 0.737. The number of alkyl halides is 3. The number of ether oxygens (including phenoxy) is 1. The van der Waals surface area contributed by atoms with Crippen LogP contribution in [0.2, 0.25) is 0 Å². The minimum atomic E-state index is -4.10. The van der Waals surface area contributed by atoms with Crippen molar-refractivity contribution in [3.8, 4) is 0 Å². The predicted molar refractivity (Wildman–Crippen MR) is 102 cm³/mol. The Balaban J connectivity index is 1.48. The molecule has 2 heterocycles. The molecule has 160 valence electrons. The number of likely N-dealkylation sites (tertiary alicyclic amines) is 1. The van der Waals surface area contributed by atoms with Crippen LogP contribution in [0.25, 0.3) is 0 Å². The summed E-state index contributed by atoms with van der Waals surface area (Å²) in [6, 6.07) is 3.71. The third kappa shape index (κ3) is 9.45. The van der Waals surface area contributed by atoms with E-state index in [0.717, 1.165) is 50.5 Å². The predicted octanol–water partition coefficient (Wildman–Crippen LogP) is 3.02. The Morgan fingerprint density at radius 1 is 1.29 bits per heavy atom. The summed E-state index contributed by atoms with van der Waals surface area (Å²) in [5.74, 6) is 2.01. The number of nitrogens with one attached hydrogen (secondary N) is 2. The molecule has 1 saturated heterocycles. The van der Waals surface area contributed by atoms with E-state index in [4.69, 9.17) is 9.15 Å². The molecular weight excluding hydrogens is 373 g/mol. The normalized spacial score (nSPS) is 17.1. The minimum Gasteiger partial charge on any atom is -0.467 e. The summed E-state index contributed by atoms with van der Waals surface area (Å²) in [5, 5.41) is 6.50. The lowest BCUT2D eigenvalue weighted by Gasteiger charge is -2.32. The van der Waals surface area contributed by atoms with E-state index in [1.165, 1.54) is 4.90 Å². The summed E-state index contributed by atoms with van der Waals surface area (Å²) in [6.45, 7) is 2.86. The molecule has 0 aromatic carbocycles. The molecule has 0 aliphatic carbocycles. The highest BCUT2D eigenvalue weighted by Crippen LogP contribution is 2.23. The van der Waals surface area contributed by atoms with Crippen molar-refractivity contribution in [2.24, 2.45) is 10.9 Å². The van der Waals surface area contributed by atoms with Gasteiger partial charge < -0.3 is 19.8 Å². The Bertz CT molecular complexity index is 556. The number of hydrogen-bond acceptors (Lipinski definition) is 4. The summed E-state index contributed by atoms with van der Waals surface area (Å²) in [4.78, 5) is 5.69. The first-order valence-corrected chi connectivity index (χ1v) is 9.80. The Hall–Kier alpha value is -1.74. The Kier molecular flexibility index (Phi) is 9.63. The van der Waals surface area contributed by atoms with Crippen molar-refractivity contribution in [3.63, 3.8) is 0 Å². The van der Waals surface area contributed by atoms with Crippen LogP contribution < -0.4 is 10.6 Å². The highest BCUT2D eigenvalue weighted by atomic mass is 19.4. The van der Waals surface area contributed by atoms with Crippen molar-refractivity contribution in [1.29, 1.82) is 0 Å². The number of nitrogens with zero attached hydrogens (tertiary/aromatic N) is 2. The number of furan rings is 1. The third-order valence-electron chi connectivity index (χ3n) is 4.76. The minimum absolute atomic E-state index is 0.463. The quantitative estimate of drug-likeness (QED) is 0.357. The number of hydrogen-bond donors (Lipinski definition) is 2. The van der Waals surface area contributed by atoms with Crippen LogP contribution in [0.15, 0.2) is 27.8 Å². The second-order valence-corrected chi connectivity index (χ2v) is 7.03. The van der Waals surface area contributed by atoms with Crippen LogP contribution in [0.1, 0.15) is 31.4 Å². The van der Waals surface area contributed by atoms with Gasteiger partial charge in [0.05, 0.1) is 12.8 Å². The van der Waals surface area contributed by atoms with E-state index in [9.17, 15) is 13.2 Å². The number of aliphatic imine (C=N–C) groups is 1. The van der Waals surface area contributed by atoms with E-state index in [2.05, 4.69) is 15.6 Å². The molecule has 0 bridgehead atoms. The molecule has 0 radical (unpaired) electrons. The van der Waals surface area contributed by atoms with Crippen LogP contribution in [0, 0.1) is 5.92 Å². The lowest BCUT2D eigenvalue weighted by molar-refractivity contribution is -0.148. The Morgan fingerprint density at radius 2 is 2.04 bits per heavy atom. The maximum Gasteiger partial charge on any atom is 0.401 e. The van der Waals surface area contributed by atoms with E-state index in [-0.39, 0.29) is 0 Å². The zero-order valence-corrected chi connectivity index (χ0v) is 16.4. The molecule has 0 saturated carbocycles. The second kappa shape index (κ2) is 12.0. The van der Waals surface area contributed by atoms with Crippen LogP contribution in [0.3, 0.4) is 0 Å². The fourth-order valence-corrected chi connectivity index (χ4v) is 3.25. The van der Waals surface area contributed by atoms with Gasteiger partial charge in [-0.25, -0.2) is 0 Å². The molecule has 1 aromatic rings. The molecule has 9 heteroatoms. The summed E-state index contributed by atoms with van der Waals surface area (Å²) in [7, 11) is 1.72. The summed E-state index contributed by atoms with van der Waals surface area (Å²) in [5.41, 5.74) is 0. The van der Waals surface area contributed by atoms with Gasteiger partial charge in [-0.2, -0.15) is 13.2 Å². The molecule has 1 fully saturated rings. The highest BCUT2D eigenvalue weighted by Gasteiger charge is 2.32. The van der Waals surface area contributed by atoms with Crippen molar-refractivity contribution < 1.29 is 22.3 Å². The molecule has 0 spiro atoms. The molecule has 6 nitrogen and oxygen atoms in total. The number of halogens is 3. The van der Waals surface area contributed by atoms with Crippen molar-refractivity contribution in [2.75, 3.05) is 46.4 Å². The Labute approximate surface area is 164 Å². The average Bonchev–Trinajstić information content (AvgIpc) is 3.16. The van der Waals surface area contributed by atoms with Crippen molar-refractivity contribution in [2.45, 2.75) is 38.5 Å². The van der Waals surface area contributed by atoms with E-state index in [0.29, 0.717) is 32.2 Å². The molecule has 1 aliphatic heterocycles. The van der Waals surface area contributed by atoms with Crippen molar-refractivity contribution in [1.82, 2.24) is 15.5 Å². The molecule has 0 atom stereocenters. The highest BCUT2D eigenvalue weighted by molar-refractivity contribution is 5.79. The first-order valence-electron chi connectivity index (χ1n) is 9.80. The zero-order valence-electron chi connectivity index (χ0n) is 16.4. The number of rotatable bonds is 10. The van der Waals surface area contributed by atoms with Crippen LogP contribution >= 0.6 is 0 Å². The van der Waals surface area contributed by atoms with Gasteiger partial charge >= 0.3 is 6.18 Å². The average molecular weight is 404 g/mol. The standard InChI is InChI=1S/C19H31F3N4O2/c1-23-18(24-8-3-12-27-14-17-4-2-13-28-17)25-9-5-16-6-10-26(11-7-16)15-19(20,21)22/h2,4,13,16H,3,5-12,14-15H2,1H3,(H2,23,24,25). The van der Waals surface area contributed by atoms with Crippen LogP contribution in [-0.4, -0.2) is 63.4 Å². The first-order chi connectivity index (χ1) is 13.5. The van der Waals surface area contributed by atoms with Gasteiger partial charge in [-0.15, -0.1) is 0 Å². The first kappa shape index (κ1) is 22.5. The molecule has 2 N–H and O–H groups in total. The summed E-state index contributed by atoms with van der Waals surface area (Å²) in [6.07, 6.45) is 0.942. The van der Waals surface area contributed by atoms with Gasteiger partial charge in [0.2, 0.25) is 0 Å². The van der Waals surface area contributed by atoms with E-state index < -0.39 is 12.7 Å². The molecule has 2 rings (SSSR count). The Morgan fingerprint density at radius 3 is 2.68 bits per heavy atom. The van der Waals surface area contributed by atoms with Gasteiger partial charge in [-0.3, -0.25) is 9.89 Å².